The Labute approximate surface area is 110 Å². The van der Waals surface area contributed by atoms with Gasteiger partial charge in [0.2, 0.25) is 0 Å². The van der Waals surface area contributed by atoms with Gasteiger partial charge in [0.25, 0.3) is 5.22 Å². The number of aromatic nitrogens is 1. The Morgan fingerprint density at radius 3 is 2.76 bits per heavy atom. The van der Waals surface area contributed by atoms with Gasteiger partial charge in [0.15, 0.2) is 0 Å². The van der Waals surface area contributed by atoms with E-state index in [1.54, 1.807) is 18.0 Å². The van der Waals surface area contributed by atoms with Gasteiger partial charge in [0, 0.05) is 16.3 Å². The van der Waals surface area contributed by atoms with Crippen molar-refractivity contribution >= 4 is 23.4 Å². The summed E-state index contributed by atoms with van der Waals surface area (Å²) in [6, 6.07) is 7.60. The van der Waals surface area contributed by atoms with E-state index in [4.69, 9.17) is 16.0 Å². The zero-order valence-corrected chi connectivity index (χ0v) is 11.2. The number of thioether (sulfide) groups is 1. The van der Waals surface area contributed by atoms with Crippen molar-refractivity contribution in [3.8, 4) is 11.3 Å². The summed E-state index contributed by atoms with van der Waals surface area (Å²) in [6.07, 6.45) is 4.07. The number of nitrogens with zero attached hydrogens (tertiary/aromatic N) is 1. The minimum absolute atomic E-state index is 0.731. The Kier molecular flexibility index (Phi) is 4.51. The molecule has 2 aromatic rings. The molecule has 0 radical (unpaired) electrons. The van der Waals surface area contributed by atoms with Gasteiger partial charge in [-0.1, -0.05) is 48.8 Å². The SMILES string of the molecule is CCCCSc1nc(-c2ccc(Cl)cc2)co1. The van der Waals surface area contributed by atoms with Crippen molar-refractivity contribution in [2.45, 2.75) is 25.0 Å². The van der Waals surface area contributed by atoms with E-state index >= 15 is 0 Å². The molecule has 2 rings (SSSR count). The van der Waals surface area contributed by atoms with Crippen LogP contribution in [0.15, 0.2) is 40.2 Å². The average molecular weight is 268 g/mol. The second kappa shape index (κ2) is 6.12. The van der Waals surface area contributed by atoms with Crippen LogP contribution in [0.1, 0.15) is 19.8 Å². The molecule has 4 heteroatoms. The fraction of sp³-hybridized carbons (Fsp3) is 0.308. The highest BCUT2D eigenvalue weighted by Crippen LogP contribution is 2.25. The smallest absolute Gasteiger partial charge is 0.256 e. The van der Waals surface area contributed by atoms with E-state index in [2.05, 4.69) is 11.9 Å². The lowest BCUT2D eigenvalue weighted by atomic mass is 10.2. The van der Waals surface area contributed by atoms with Crippen LogP contribution in [0.25, 0.3) is 11.3 Å². The second-order valence-electron chi connectivity index (χ2n) is 3.71. The zero-order valence-electron chi connectivity index (χ0n) is 9.65. The van der Waals surface area contributed by atoms with Gasteiger partial charge in [0.05, 0.1) is 0 Å². The third-order valence-corrected chi connectivity index (χ3v) is 3.53. The number of benzene rings is 1. The average Bonchev–Trinajstić information content (AvgIpc) is 2.79. The highest BCUT2D eigenvalue weighted by atomic mass is 35.5. The Morgan fingerprint density at radius 1 is 1.29 bits per heavy atom. The summed E-state index contributed by atoms with van der Waals surface area (Å²) >= 11 is 7.50. The van der Waals surface area contributed by atoms with Gasteiger partial charge in [-0.3, -0.25) is 0 Å². The third kappa shape index (κ3) is 3.51. The van der Waals surface area contributed by atoms with Crippen LogP contribution in [0.5, 0.6) is 0 Å². The summed E-state index contributed by atoms with van der Waals surface area (Å²) in [6.45, 7) is 2.18. The summed E-state index contributed by atoms with van der Waals surface area (Å²) in [5, 5.41) is 1.47. The lowest BCUT2D eigenvalue weighted by molar-refractivity contribution is 0.454. The van der Waals surface area contributed by atoms with Gasteiger partial charge in [-0.05, 0) is 18.6 Å². The minimum atomic E-state index is 0.731. The fourth-order valence-corrected chi connectivity index (χ4v) is 2.39. The molecule has 0 aliphatic carbocycles. The molecule has 1 aromatic carbocycles. The molecule has 0 atom stereocenters. The summed E-state index contributed by atoms with van der Waals surface area (Å²) in [5.41, 5.74) is 1.89. The molecule has 90 valence electrons. The van der Waals surface area contributed by atoms with Crippen LogP contribution in [0.3, 0.4) is 0 Å². The number of oxazole rings is 1. The van der Waals surface area contributed by atoms with Gasteiger partial charge < -0.3 is 4.42 Å². The maximum Gasteiger partial charge on any atom is 0.256 e. The van der Waals surface area contributed by atoms with E-state index in [0.717, 1.165) is 27.3 Å². The van der Waals surface area contributed by atoms with Crippen LogP contribution in [-0.2, 0) is 0 Å². The molecule has 17 heavy (non-hydrogen) atoms. The van der Waals surface area contributed by atoms with E-state index < -0.39 is 0 Å². The van der Waals surface area contributed by atoms with Gasteiger partial charge in [0.1, 0.15) is 12.0 Å². The highest BCUT2D eigenvalue weighted by Gasteiger charge is 2.06. The predicted octanol–water partition coefficient (Wildman–Crippen LogP) is 4.89. The van der Waals surface area contributed by atoms with Crippen LogP contribution in [0.2, 0.25) is 5.02 Å². The van der Waals surface area contributed by atoms with E-state index in [1.165, 1.54) is 12.8 Å². The predicted molar refractivity (Wildman–Crippen MR) is 72.6 cm³/mol. The zero-order chi connectivity index (χ0) is 12.1. The molecular weight excluding hydrogens is 254 g/mol. The Balaban J connectivity index is 2.04. The fourth-order valence-electron chi connectivity index (χ4n) is 1.38. The number of unbranched alkanes of at least 4 members (excludes halogenated alkanes) is 1. The summed E-state index contributed by atoms with van der Waals surface area (Å²) in [7, 11) is 0. The van der Waals surface area contributed by atoms with E-state index in [0.29, 0.717) is 0 Å². The molecule has 0 spiro atoms. The molecule has 1 heterocycles. The van der Waals surface area contributed by atoms with Crippen molar-refractivity contribution in [2.24, 2.45) is 0 Å². The van der Waals surface area contributed by atoms with Crippen molar-refractivity contribution < 1.29 is 4.42 Å². The molecule has 0 bridgehead atoms. The maximum absolute atomic E-state index is 5.84. The van der Waals surface area contributed by atoms with Crippen molar-refractivity contribution in [1.29, 1.82) is 0 Å². The summed E-state index contributed by atoms with van der Waals surface area (Å²) in [4.78, 5) is 4.44. The number of halogens is 1. The number of hydrogen-bond donors (Lipinski definition) is 0. The largest absolute Gasteiger partial charge is 0.439 e. The van der Waals surface area contributed by atoms with Gasteiger partial charge in [-0.25, -0.2) is 4.98 Å². The molecule has 0 aliphatic heterocycles. The molecule has 0 saturated heterocycles. The molecule has 0 aliphatic rings. The lowest BCUT2D eigenvalue weighted by Crippen LogP contribution is -1.80. The van der Waals surface area contributed by atoms with Crippen molar-refractivity contribution in [3.63, 3.8) is 0 Å². The third-order valence-electron chi connectivity index (χ3n) is 2.35. The molecule has 0 unspecified atom stereocenters. The first-order valence-corrected chi connectivity index (χ1v) is 7.00. The minimum Gasteiger partial charge on any atom is -0.439 e. The normalized spacial score (nSPS) is 10.7. The maximum atomic E-state index is 5.84. The van der Waals surface area contributed by atoms with Gasteiger partial charge in [-0.2, -0.15) is 0 Å². The van der Waals surface area contributed by atoms with Crippen molar-refractivity contribution in [3.05, 3.63) is 35.6 Å². The molecular formula is C13H14ClNOS. The van der Waals surface area contributed by atoms with Crippen LogP contribution in [0, 0.1) is 0 Å². The monoisotopic (exact) mass is 267 g/mol. The van der Waals surface area contributed by atoms with Crippen LogP contribution in [0.4, 0.5) is 0 Å². The molecule has 0 saturated carbocycles. The van der Waals surface area contributed by atoms with E-state index in [-0.39, 0.29) is 0 Å². The highest BCUT2D eigenvalue weighted by molar-refractivity contribution is 7.99. The van der Waals surface area contributed by atoms with Crippen LogP contribution in [-0.4, -0.2) is 10.7 Å². The van der Waals surface area contributed by atoms with Crippen molar-refractivity contribution in [2.75, 3.05) is 5.75 Å². The molecule has 0 N–H and O–H groups in total. The van der Waals surface area contributed by atoms with Crippen molar-refractivity contribution in [1.82, 2.24) is 4.98 Å². The van der Waals surface area contributed by atoms with Gasteiger partial charge >= 0.3 is 0 Å². The summed E-state index contributed by atoms with van der Waals surface area (Å²) < 4.78 is 5.41. The Bertz CT molecular complexity index is 467. The quantitative estimate of drug-likeness (QED) is 0.570. The second-order valence-corrected chi connectivity index (χ2v) is 5.19. The summed E-state index contributed by atoms with van der Waals surface area (Å²) in [5.74, 6) is 1.05. The Hall–Kier alpha value is -0.930. The molecule has 2 nitrogen and oxygen atoms in total. The Morgan fingerprint density at radius 2 is 2.06 bits per heavy atom. The molecule has 0 amide bonds. The topological polar surface area (TPSA) is 26.0 Å². The first-order valence-electron chi connectivity index (χ1n) is 5.64. The molecule has 1 aromatic heterocycles. The lowest BCUT2D eigenvalue weighted by Gasteiger charge is -1.95. The number of hydrogen-bond acceptors (Lipinski definition) is 3. The first-order chi connectivity index (χ1) is 8.29. The van der Waals surface area contributed by atoms with E-state index in [1.807, 2.05) is 24.3 Å². The standard InChI is InChI=1S/C13H14ClNOS/c1-2-3-8-17-13-15-12(9-16-13)10-4-6-11(14)7-5-10/h4-7,9H,2-3,8H2,1H3. The van der Waals surface area contributed by atoms with Crippen LogP contribution >= 0.6 is 23.4 Å². The first kappa shape index (κ1) is 12.5. The van der Waals surface area contributed by atoms with E-state index in [9.17, 15) is 0 Å². The van der Waals surface area contributed by atoms with Crippen LogP contribution < -0.4 is 0 Å². The molecule has 0 fully saturated rings. The van der Waals surface area contributed by atoms with Gasteiger partial charge in [-0.15, -0.1) is 0 Å². The number of rotatable bonds is 5.